The minimum atomic E-state index is -0.370. The van der Waals surface area contributed by atoms with Crippen LogP contribution >= 0.6 is 11.6 Å². The van der Waals surface area contributed by atoms with E-state index in [0.717, 1.165) is 15.8 Å². The highest BCUT2D eigenvalue weighted by Gasteiger charge is 2.13. The molecule has 1 aromatic carbocycles. The van der Waals surface area contributed by atoms with Crippen LogP contribution in [0.15, 0.2) is 53.7 Å². The normalized spacial score (nSPS) is 11.1. The number of pyridine rings is 1. The van der Waals surface area contributed by atoms with Crippen molar-refractivity contribution in [3.05, 3.63) is 64.3 Å². The number of hydrogen-bond acceptors (Lipinski definition) is 4. The highest BCUT2D eigenvalue weighted by atomic mass is 35.5. The number of halogens is 1. The van der Waals surface area contributed by atoms with Crippen molar-refractivity contribution in [1.29, 1.82) is 0 Å². The van der Waals surface area contributed by atoms with E-state index in [4.69, 9.17) is 11.6 Å². The molecule has 0 spiro atoms. The molecule has 0 saturated carbocycles. The van der Waals surface area contributed by atoms with E-state index in [1.165, 1.54) is 19.3 Å². The van der Waals surface area contributed by atoms with Crippen molar-refractivity contribution in [3.8, 4) is 11.1 Å². The number of benzene rings is 1. The highest BCUT2D eigenvalue weighted by molar-refractivity contribution is 6.30. The Bertz CT molecular complexity index is 1180. The molecule has 0 aliphatic carbocycles. The van der Waals surface area contributed by atoms with Crippen molar-refractivity contribution in [1.82, 2.24) is 19.3 Å². The first kappa shape index (κ1) is 15.3. The number of amides is 1. The number of nitrogens with one attached hydrogen (secondary N) is 1. The molecule has 0 unspecified atom stereocenters. The lowest BCUT2D eigenvalue weighted by Crippen LogP contribution is -2.31. The summed E-state index contributed by atoms with van der Waals surface area (Å²) in [6, 6.07) is 9.08. The molecule has 0 fully saturated rings. The minimum Gasteiger partial charge on any atom is -0.274 e. The molecule has 3 heterocycles. The predicted octanol–water partition coefficient (Wildman–Crippen LogP) is 2.45. The van der Waals surface area contributed by atoms with Crippen LogP contribution in [-0.2, 0) is 4.79 Å². The Labute approximate surface area is 146 Å². The first-order valence-electron chi connectivity index (χ1n) is 7.46. The summed E-state index contributed by atoms with van der Waals surface area (Å²) in [5, 5.41) is 5.37. The molecule has 0 atom stereocenters. The second kappa shape index (κ2) is 5.71. The maximum atomic E-state index is 12.5. The summed E-state index contributed by atoms with van der Waals surface area (Å²) in [7, 11) is 0. The van der Waals surface area contributed by atoms with Gasteiger partial charge in [0.1, 0.15) is 0 Å². The van der Waals surface area contributed by atoms with Gasteiger partial charge in [0.05, 0.1) is 17.1 Å². The molecule has 0 aliphatic rings. The molecule has 0 aliphatic heterocycles. The van der Waals surface area contributed by atoms with Crippen LogP contribution in [0.3, 0.4) is 0 Å². The highest BCUT2D eigenvalue weighted by Crippen LogP contribution is 2.26. The van der Waals surface area contributed by atoms with Crippen LogP contribution in [0.25, 0.3) is 27.7 Å². The van der Waals surface area contributed by atoms with Crippen LogP contribution in [-0.4, -0.2) is 25.2 Å². The fourth-order valence-corrected chi connectivity index (χ4v) is 2.83. The lowest BCUT2D eigenvalue weighted by atomic mass is 10.1. The van der Waals surface area contributed by atoms with Crippen LogP contribution < -0.4 is 11.0 Å². The lowest BCUT2D eigenvalue weighted by Gasteiger charge is -2.08. The van der Waals surface area contributed by atoms with Gasteiger partial charge in [-0.15, -0.1) is 0 Å². The molecule has 25 heavy (non-hydrogen) atoms. The molecule has 0 bridgehead atoms. The van der Waals surface area contributed by atoms with Crippen molar-refractivity contribution < 1.29 is 4.79 Å². The number of hydrogen-bond donors (Lipinski definition) is 1. The summed E-state index contributed by atoms with van der Waals surface area (Å²) in [5.74, 6) is -0.334. The third-order valence-corrected chi connectivity index (χ3v) is 4.08. The smallest absolute Gasteiger partial charge is 0.274 e. The number of aromatic nitrogens is 4. The molecule has 8 heteroatoms. The zero-order chi connectivity index (χ0) is 17.6. The molecule has 4 aromatic rings. The van der Waals surface area contributed by atoms with Crippen LogP contribution in [0.4, 0.5) is 0 Å². The van der Waals surface area contributed by atoms with E-state index < -0.39 is 0 Å². The van der Waals surface area contributed by atoms with E-state index in [0.29, 0.717) is 21.6 Å². The second-order valence-corrected chi connectivity index (χ2v) is 5.95. The molecule has 4 rings (SSSR count). The van der Waals surface area contributed by atoms with Gasteiger partial charge in [0.2, 0.25) is 5.91 Å². The van der Waals surface area contributed by atoms with Gasteiger partial charge in [0.25, 0.3) is 5.56 Å². The predicted molar refractivity (Wildman–Crippen MR) is 95.2 cm³/mol. The van der Waals surface area contributed by atoms with Gasteiger partial charge in [-0.05, 0) is 23.8 Å². The van der Waals surface area contributed by atoms with Gasteiger partial charge in [-0.1, -0.05) is 23.7 Å². The third kappa shape index (κ3) is 2.54. The van der Waals surface area contributed by atoms with E-state index in [-0.39, 0.29) is 11.5 Å². The molecular formula is C17H12ClN5O2. The molecule has 0 saturated heterocycles. The number of carbonyl (C=O) groups excluding carboxylic acids is 1. The van der Waals surface area contributed by atoms with Crippen LogP contribution in [0.2, 0.25) is 5.02 Å². The molecule has 7 nitrogen and oxygen atoms in total. The Morgan fingerprint density at radius 3 is 2.64 bits per heavy atom. The summed E-state index contributed by atoms with van der Waals surface area (Å²) >= 11 is 5.93. The van der Waals surface area contributed by atoms with Crippen molar-refractivity contribution >= 4 is 34.1 Å². The standard InChI is InChI=1S/C17H12ClN5O2/c1-10(24)21-22-7-6-15-14(17(22)25)8-19-16-13(9-20-23(15)16)11-2-4-12(18)5-3-11/h2-9H,1H3,(H,21,24). The zero-order valence-electron chi connectivity index (χ0n) is 13.1. The van der Waals surface area contributed by atoms with E-state index in [9.17, 15) is 9.59 Å². The third-order valence-electron chi connectivity index (χ3n) is 3.83. The van der Waals surface area contributed by atoms with E-state index in [1.807, 2.05) is 12.1 Å². The van der Waals surface area contributed by atoms with Crippen LogP contribution in [0.5, 0.6) is 0 Å². The maximum Gasteiger partial charge on any atom is 0.280 e. The fraction of sp³-hybridized carbons (Fsp3) is 0.0588. The summed E-state index contributed by atoms with van der Waals surface area (Å²) in [6.45, 7) is 1.34. The van der Waals surface area contributed by atoms with Crippen LogP contribution in [0.1, 0.15) is 6.92 Å². The van der Waals surface area contributed by atoms with Crippen LogP contribution in [0, 0.1) is 0 Å². The van der Waals surface area contributed by atoms with Gasteiger partial charge in [-0.25, -0.2) is 14.2 Å². The minimum absolute atomic E-state index is 0.334. The SMILES string of the molecule is CC(=O)Nn1ccc2c(cnc3c(-c4ccc(Cl)cc4)cnn32)c1=O. The van der Waals surface area contributed by atoms with Crippen molar-refractivity contribution in [2.24, 2.45) is 0 Å². The zero-order valence-corrected chi connectivity index (χ0v) is 13.9. The summed E-state index contributed by atoms with van der Waals surface area (Å²) in [4.78, 5) is 28.0. The Morgan fingerprint density at radius 2 is 1.92 bits per heavy atom. The van der Waals surface area contributed by atoms with Gasteiger partial charge in [-0.2, -0.15) is 5.10 Å². The topological polar surface area (TPSA) is 81.3 Å². The maximum absolute atomic E-state index is 12.5. The quantitative estimate of drug-likeness (QED) is 0.600. The Morgan fingerprint density at radius 1 is 1.16 bits per heavy atom. The van der Waals surface area contributed by atoms with Crippen molar-refractivity contribution in [3.63, 3.8) is 0 Å². The van der Waals surface area contributed by atoms with Gasteiger partial charge in [0, 0.05) is 29.9 Å². The lowest BCUT2D eigenvalue weighted by molar-refractivity contribution is -0.115. The first-order valence-corrected chi connectivity index (χ1v) is 7.84. The van der Waals surface area contributed by atoms with Crippen molar-refractivity contribution in [2.75, 3.05) is 5.43 Å². The number of fused-ring (bicyclic) bond motifs is 3. The molecule has 0 radical (unpaired) electrons. The van der Waals surface area contributed by atoms with Gasteiger partial charge < -0.3 is 0 Å². The molecule has 1 N–H and O–H groups in total. The van der Waals surface area contributed by atoms with Gasteiger partial charge >= 0.3 is 0 Å². The molecule has 3 aromatic heterocycles. The summed E-state index contributed by atoms with van der Waals surface area (Å²) < 4.78 is 2.74. The number of nitrogens with zero attached hydrogens (tertiary/aromatic N) is 4. The first-order chi connectivity index (χ1) is 12.0. The van der Waals surface area contributed by atoms with Gasteiger partial charge in [-0.3, -0.25) is 15.0 Å². The van der Waals surface area contributed by atoms with E-state index >= 15 is 0 Å². The summed E-state index contributed by atoms with van der Waals surface area (Å²) in [5.41, 5.74) is 5.08. The van der Waals surface area contributed by atoms with Crippen molar-refractivity contribution in [2.45, 2.75) is 6.92 Å². The number of carbonyl (C=O) groups is 1. The Kier molecular flexibility index (Phi) is 3.51. The molecule has 124 valence electrons. The summed E-state index contributed by atoms with van der Waals surface area (Å²) in [6.07, 6.45) is 4.69. The van der Waals surface area contributed by atoms with E-state index in [1.54, 1.807) is 28.9 Å². The largest absolute Gasteiger partial charge is 0.280 e. The Balaban J connectivity index is 1.94. The average molecular weight is 354 g/mol. The Hall–Kier alpha value is -3.19. The fourth-order valence-electron chi connectivity index (χ4n) is 2.71. The number of rotatable bonds is 2. The molecule has 1 amide bonds. The monoisotopic (exact) mass is 353 g/mol. The average Bonchev–Trinajstić information content (AvgIpc) is 3.02. The van der Waals surface area contributed by atoms with Gasteiger partial charge in [0.15, 0.2) is 5.65 Å². The molecular weight excluding hydrogens is 342 g/mol. The van der Waals surface area contributed by atoms with E-state index in [2.05, 4.69) is 15.5 Å². The second-order valence-electron chi connectivity index (χ2n) is 5.52.